The van der Waals surface area contributed by atoms with E-state index in [1.807, 2.05) is 0 Å². The Morgan fingerprint density at radius 3 is 2.32 bits per heavy atom. The van der Waals surface area contributed by atoms with Gasteiger partial charge in [0.25, 0.3) is 0 Å². The van der Waals surface area contributed by atoms with Gasteiger partial charge in [0.15, 0.2) is 8.32 Å². The third-order valence-electron chi connectivity index (χ3n) is 4.01. The second-order valence-electron chi connectivity index (χ2n) is 6.86. The largest absolute Gasteiger partial charge is 0.475 e. The van der Waals surface area contributed by atoms with Crippen LogP contribution < -0.4 is 9.47 Å². The van der Waals surface area contributed by atoms with Crippen molar-refractivity contribution in [2.24, 2.45) is 0 Å². The Bertz CT molecular complexity index is 590. The molecule has 0 bridgehead atoms. The fourth-order valence-corrected chi connectivity index (χ4v) is 2.63. The quantitative estimate of drug-likeness (QED) is 0.389. The second-order valence-corrected chi connectivity index (χ2v) is 11.7. The van der Waals surface area contributed by atoms with Crippen LogP contribution in [0.4, 0.5) is 8.78 Å². The van der Waals surface area contributed by atoms with Crippen molar-refractivity contribution in [3.63, 3.8) is 0 Å². The lowest BCUT2D eigenvalue weighted by Gasteiger charge is -2.36. The fourth-order valence-electron chi connectivity index (χ4n) is 1.60. The number of ether oxygens (including phenoxy) is 3. The lowest BCUT2D eigenvalue weighted by molar-refractivity contribution is -0.0532. The van der Waals surface area contributed by atoms with E-state index in [2.05, 4.69) is 48.3 Å². The molecule has 0 unspecified atom stereocenters. The Labute approximate surface area is 147 Å². The number of halogens is 2. The first kappa shape index (κ1) is 21.3. The molecule has 1 aromatic rings. The maximum atomic E-state index is 12.4. The van der Waals surface area contributed by atoms with E-state index in [0.29, 0.717) is 6.61 Å². The van der Waals surface area contributed by atoms with Gasteiger partial charge in [0.1, 0.15) is 6.61 Å². The first-order valence-electron chi connectivity index (χ1n) is 7.78. The third kappa shape index (κ3) is 6.58. The van der Waals surface area contributed by atoms with Crippen molar-refractivity contribution in [1.82, 2.24) is 4.98 Å². The molecule has 0 saturated heterocycles. The van der Waals surface area contributed by atoms with Gasteiger partial charge in [-0.05, 0) is 18.1 Å². The number of alkyl halides is 2. The molecule has 0 fully saturated rings. The number of hydrogen-bond donors (Lipinski definition) is 0. The highest BCUT2D eigenvalue weighted by atomic mass is 28.4. The molecule has 0 aromatic carbocycles. The summed E-state index contributed by atoms with van der Waals surface area (Å²) in [6.07, 6.45) is 0. The monoisotopic (exact) mass is 377 g/mol. The van der Waals surface area contributed by atoms with Crippen LogP contribution in [0.1, 0.15) is 31.1 Å². The molecule has 9 heteroatoms. The highest BCUT2D eigenvalue weighted by Gasteiger charge is 2.36. The fraction of sp³-hybridized carbons (Fsp3) is 0.625. The zero-order valence-electron chi connectivity index (χ0n) is 15.4. The van der Waals surface area contributed by atoms with E-state index in [4.69, 9.17) is 9.16 Å². The second kappa shape index (κ2) is 8.57. The number of pyridine rings is 1. The van der Waals surface area contributed by atoms with Gasteiger partial charge in [-0.3, -0.25) is 0 Å². The number of esters is 1. The van der Waals surface area contributed by atoms with Crippen LogP contribution in [-0.2, 0) is 9.16 Å². The molecule has 0 aliphatic carbocycles. The number of methoxy groups -OCH3 is 1. The molecular weight excluding hydrogens is 352 g/mol. The maximum absolute atomic E-state index is 12.4. The van der Waals surface area contributed by atoms with E-state index in [1.165, 1.54) is 13.2 Å². The lowest BCUT2D eigenvalue weighted by Crippen LogP contribution is -2.41. The molecule has 1 heterocycles. The summed E-state index contributed by atoms with van der Waals surface area (Å²) in [5, 5.41) is 0.0638. The van der Waals surface area contributed by atoms with Crippen LogP contribution in [0, 0.1) is 0 Å². The molecule has 0 saturated carbocycles. The Morgan fingerprint density at radius 1 is 1.20 bits per heavy atom. The van der Waals surface area contributed by atoms with E-state index in [0.717, 1.165) is 6.07 Å². The average molecular weight is 377 g/mol. The zero-order chi connectivity index (χ0) is 19.3. The Balaban J connectivity index is 2.75. The Morgan fingerprint density at radius 2 is 1.80 bits per heavy atom. The molecule has 0 amide bonds. The molecule has 0 aliphatic rings. The predicted octanol–water partition coefficient (Wildman–Crippen LogP) is 3.87. The van der Waals surface area contributed by atoms with Crippen molar-refractivity contribution in [2.45, 2.75) is 45.5 Å². The van der Waals surface area contributed by atoms with Gasteiger partial charge in [-0.15, -0.1) is 0 Å². The summed E-state index contributed by atoms with van der Waals surface area (Å²) in [6, 6.07) is 2.37. The molecule has 6 nitrogen and oxygen atoms in total. The minimum absolute atomic E-state index is 0.00784. The minimum atomic E-state index is -3.06. The minimum Gasteiger partial charge on any atom is -0.475 e. The topological polar surface area (TPSA) is 66.9 Å². The van der Waals surface area contributed by atoms with E-state index in [1.54, 1.807) is 0 Å². The zero-order valence-corrected chi connectivity index (χ0v) is 16.4. The molecule has 0 spiro atoms. The number of rotatable bonds is 8. The van der Waals surface area contributed by atoms with Gasteiger partial charge in [0, 0.05) is 12.1 Å². The summed E-state index contributed by atoms with van der Waals surface area (Å²) in [5.41, 5.74) is 0.00784. The smallest absolute Gasteiger partial charge is 0.388 e. The number of aromatic nitrogens is 1. The highest BCUT2D eigenvalue weighted by Crippen LogP contribution is 2.36. The van der Waals surface area contributed by atoms with Crippen LogP contribution in [0.2, 0.25) is 18.1 Å². The summed E-state index contributed by atoms with van der Waals surface area (Å²) in [7, 11) is -0.724. The average Bonchev–Trinajstić information content (AvgIpc) is 2.48. The van der Waals surface area contributed by atoms with Gasteiger partial charge in [0.2, 0.25) is 11.8 Å². The van der Waals surface area contributed by atoms with E-state index < -0.39 is 26.8 Å². The van der Waals surface area contributed by atoms with Crippen molar-refractivity contribution in [2.75, 3.05) is 20.3 Å². The molecule has 0 radical (unpaired) electrons. The lowest BCUT2D eigenvalue weighted by atomic mass is 10.2. The summed E-state index contributed by atoms with van der Waals surface area (Å²) >= 11 is 0. The third-order valence-corrected chi connectivity index (χ3v) is 8.55. The summed E-state index contributed by atoms with van der Waals surface area (Å²) in [5.74, 6) is -1.14. The van der Waals surface area contributed by atoms with Gasteiger partial charge >= 0.3 is 12.6 Å². The van der Waals surface area contributed by atoms with Crippen LogP contribution in [0.5, 0.6) is 11.8 Å². The first-order chi connectivity index (χ1) is 11.5. The van der Waals surface area contributed by atoms with Crippen molar-refractivity contribution < 1.29 is 32.2 Å². The number of hydrogen-bond acceptors (Lipinski definition) is 6. The highest BCUT2D eigenvalue weighted by molar-refractivity contribution is 6.74. The predicted molar refractivity (Wildman–Crippen MR) is 90.9 cm³/mol. The number of carbonyl (C=O) groups excluding carboxylic acids is 1. The van der Waals surface area contributed by atoms with Crippen LogP contribution >= 0.6 is 0 Å². The van der Waals surface area contributed by atoms with Crippen LogP contribution in [0.15, 0.2) is 12.1 Å². The number of carbonyl (C=O) groups is 1. The van der Waals surface area contributed by atoms with Crippen molar-refractivity contribution in [1.29, 1.82) is 0 Å². The first-order valence-corrected chi connectivity index (χ1v) is 10.7. The van der Waals surface area contributed by atoms with Gasteiger partial charge in [-0.1, -0.05) is 20.8 Å². The van der Waals surface area contributed by atoms with Gasteiger partial charge in [0.05, 0.1) is 19.3 Å². The van der Waals surface area contributed by atoms with Gasteiger partial charge < -0.3 is 18.6 Å². The van der Waals surface area contributed by atoms with Gasteiger partial charge in [-0.2, -0.15) is 13.8 Å². The molecule has 25 heavy (non-hydrogen) atoms. The summed E-state index contributed by atoms with van der Waals surface area (Å²) in [6.45, 7) is 8.01. The summed E-state index contributed by atoms with van der Waals surface area (Å²) < 4.78 is 45.0. The maximum Gasteiger partial charge on any atom is 0.388 e. The van der Waals surface area contributed by atoms with Gasteiger partial charge in [-0.25, -0.2) is 4.79 Å². The van der Waals surface area contributed by atoms with Crippen molar-refractivity contribution in [3.8, 4) is 11.8 Å². The molecular formula is C16H25F2NO5Si. The molecule has 1 rings (SSSR count). The molecule has 0 aliphatic heterocycles. The van der Waals surface area contributed by atoms with E-state index in [9.17, 15) is 13.6 Å². The Kier molecular flexibility index (Phi) is 7.30. The standard InChI is InChI=1S/C16H25F2NO5Si/c1-16(2,3)25(5,6)23-8-7-22-12-9-11(14(20)21-4)10-13(19-12)24-15(17)18/h9-10,15H,7-8H2,1-6H3. The summed E-state index contributed by atoms with van der Waals surface area (Å²) in [4.78, 5) is 15.4. The molecule has 1 aromatic heterocycles. The van der Waals surface area contributed by atoms with E-state index >= 15 is 0 Å². The van der Waals surface area contributed by atoms with Crippen LogP contribution in [0.3, 0.4) is 0 Å². The molecule has 142 valence electrons. The van der Waals surface area contributed by atoms with Crippen molar-refractivity contribution in [3.05, 3.63) is 17.7 Å². The van der Waals surface area contributed by atoms with E-state index in [-0.39, 0.29) is 23.1 Å². The molecule has 0 atom stereocenters. The SMILES string of the molecule is COC(=O)c1cc(OCCO[Si](C)(C)C(C)(C)C)nc(OC(F)F)c1. The Hall–Kier alpha value is -1.74. The molecule has 0 N–H and O–H groups in total. The number of nitrogens with zero attached hydrogens (tertiary/aromatic N) is 1. The van der Waals surface area contributed by atoms with Crippen molar-refractivity contribution >= 4 is 14.3 Å². The normalized spacial score (nSPS) is 12.2. The van der Waals surface area contributed by atoms with Crippen LogP contribution in [0.25, 0.3) is 0 Å². The van der Waals surface area contributed by atoms with Crippen LogP contribution in [-0.4, -0.2) is 46.2 Å².